The first-order valence-electron chi connectivity index (χ1n) is 8.13. The summed E-state index contributed by atoms with van der Waals surface area (Å²) in [7, 11) is 0. The van der Waals surface area contributed by atoms with Gasteiger partial charge in [0.1, 0.15) is 5.88 Å². The number of rotatable bonds is 5. The summed E-state index contributed by atoms with van der Waals surface area (Å²) in [5.74, 6) is 0.188. The van der Waals surface area contributed by atoms with Crippen molar-refractivity contribution in [2.75, 3.05) is 5.88 Å². The number of nitriles is 1. The van der Waals surface area contributed by atoms with E-state index in [1.54, 1.807) is 0 Å². The molecular weight excluding hydrogens is 298 g/mol. The molecule has 2 aliphatic carbocycles. The molecule has 1 aromatic rings. The molecule has 5 heteroatoms. The van der Waals surface area contributed by atoms with Gasteiger partial charge < -0.3 is 9.47 Å². The van der Waals surface area contributed by atoms with E-state index in [1.165, 1.54) is 18.5 Å². The van der Waals surface area contributed by atoms with Crippen LogP contribution in [-0.4, -0.2) is 27.3 Å². The fourth-order valence-corrected chi connectivity index (χ4v) is 3.61. The molecule has 4 nitrogen and oxygen atoms in total. The van der Waals surface area contributed by atoms with Gasteiger partial charge in [-0.3, -0.25) is 4.79 Å². The van der Waals surface area contributed by atoms with Crippen LogP contribution in [-0.2, 0) is 11.3 Å². The maximum Gasteiger partial charge on any atom is 0.238 e. The van der Waals surface area contributed by atoms with Crippen molar-refractivity contribution in [3.8, 4) is 6.07 Å². The van der Waals surface area contributed by atoms with E-state index >= 15 is 0 Å². The monoisotopic (exact) mass is 319 g/mol. The molecule has 2 saturated carbocycles. The van der Waals surface area contributed by atoms with Gasteiger partial charge in [-0.2, -0.15) is 5.26 Å². The molecule has 2 aliphatic rings. The van der Waals surface area contributed by atoms with Crippen molar-refractivity contribution in [3.63, 3.8) is 0 Å². The Morgan fingerprint density at radius 2 is 2.05 bits per heavy atom. The highest BCUT2D eigenvalue weighted by atomic mass is 35.5. The summed E-state index contributed by atoms with van der Waals surface area (Å²) < 4.78 is 2.30. The highest BCUT2D eigenvalue weighted by molar-refractivity contribution is 6.27. The molecule has 0 atom stereocenters. The number of hydrogen-bond donors (Lipinski definition) is 0. The van der Waals surface area contributed by atoms with Gasteiger partial charge in [0.2, 0.25) is 5.91 Å². The molecule has 22 heavy (non-hydrogen) atoms. The number of nitrogens with zero attached hydrogens (tertiary/aromatic N) is 3. The Hall–Kier alpha value is -1.47. The number of amides is 1. The number of aromatic nitrogens is 1. The SMILES string of the molecule is N#CC1CCC(N(Cc2cccn2C2CC2)C(=O)CCl)CC1. The molecule has 0 N–H and O–H groups in total. The highest BCUT2D eigenvalue weighted by Gasteiger charge is 2.30. The van der Waals surface area contributed by atoms with E-state index in [-0.39, 0.29) is 23.7 Å². The molecule has 3 rings (SSSR count). The first-order valence-corrected chi connectivity index (χ1v) is 8.67. The molecule has 2 fully saturated rings. The third-order valence-electron chi connectivity index (χ3n) is 4.89. The largest absolute Gasteiger partial charge is 0.347 e. The normalized spacial score (nSPS) is 24.7. The lowest BCUT2D eigenvalue weighted by molar-refractivity contribution is -0.132. The van der Waals surface area contributed by atoms with E-state index in [2.05, 4.69) is 29.0 Å². The smallest absolute Gasteiger partial charge is 0.238 e. The molecule has 0 radical (unpaired) electrons. The zero-order valence-corrected chi connectivity index (χ0v) is 13.5. The van der Waals surface area contributed by atoms with E-state index in [0.29, 0.717) is 12.6 Å². The molecule has 0 aliphatic heterocycles. The standard InChI is InChI=1S/C17H22ClN3O/c18-10-17(22)21(15-5-3-13(11-19)4-6-15)12-16-2-1-9-20(16)14-7-8-14/h1-2,9,13-15H,3-8,10,12H2. The minimum atomic E-state index is 0.00520. The van der Waals surface area contributed by atoms with Crippen LogP contribution < -0.4 is 0 Å². The maximum atomic E-state index is 12.3. The molecule has 0 aromatic carbocycles. The molecular formula is C17H22ClN3O. The van der Waals surface area contributed by atoms with Gasteiger partial charge in [0.25, 0.3) is 0 Å². The van der Waals surface area contributed by atoms with Crippen molar-refractivity contribution in [2.24, 2.45) is 5.92 Å². The van der Waals surface area contributed by atoms with Crippen LogP contribution in [0.15, 0.2) is 18.3 Å². The van der Waals surface area contributed by atoms with Crippen molar-refractivity contribution in [1.29, 1.82) is 5.26 Å². The maximum absolute atomic E-state index is 12.3. The Bertz CT molecular complexity index is 565. The van der Waals surface area contributed by atoms with Crippen molar-refractivity contribution in [3.05, 3.63) is 24.0 Å². The van der Waals surface area contributed by atoms with Crippen LogP contribution in [0.2, 0.25) is 0 Å². The van der Waals surface area contributed by atoms with Crippen molar-refractivity contribution in [1.82, 2.24) is 9.47 Å². The van der Waals surface area contributed by atoms with Crippen LogP contribution in [0.1, 0.15) is 50.3 Å². The van der Waals surface area contributed by atoms with E-state index in [1.807, 2.05) is 4.90 Å². The lowest BCUT2D eigenvalue weighted by atomic mass is 9.86. The topological polar surface area (TPSA) is 49.0 Å². The van der Waals surface area contributed by atoms with Gasteiger partial charge in [0.15, 0.2) is 0 Å². The van der Waals surface area contributed by atoms with Gasteiger partial charge >= 0.3 is 0 Å². The summed E-state index contributed by atoms with van der Waals surface area (Å²) >= 11 is 5.83. The number of alkyl halides is 1. The van der Waals surface area contributed by atoms with Gasteiger partial charge in [-0.25, -0.2) is 0 Å². The van der Waals surface area contributed by atoms with Gasteiger partial charge in [-0.1, -0.05) is 0 Å². The average Bonchev–Trinajstić information content (AvgIpc) is 3.31. The number of carbonyl (C=O) groups excluding carboxylic acids is 1. The van der Waals surface area contributed by atoms with Crippen molar-refractivity contribution < 1.29 is 4.79 Å². The Balaban J connectivity index is 1.71. The van der Waals surface area contributed by atoms with Crippen molar-refractivity contribution in [2.45, 2.75) is 57.2 Å². The lowest BCUT2D eigenvalue weighted by Crippen LogP contribution is -2.42. The number of halogens is 1. The van der Waals surface area contributed by atoms with Gasteiger partial charge in [-0.05, 0) is 50.7 Å². The molecule has 0 unspecified atom stereocenters. The van der Waals surface area contributed by atoms with Gasteiger partial charge in [0.05, 0.1) is 12.6 Å². The zero-order chi connectivity index (χ0) is 15.5. The summed E-state index contributed by atoms with van der Waals surface area (Å²) in [6.07, 6.45) is 8.17. The summed E-state index contributed by atoms with van der Waals surface area (Å²) in [4.78, 5) is 14.2. The minimum absolute atomic E-state index is 0.00520. The van der Waals surface area contributed by atoms with E-state index in [9.17, 15) is 4.79 Å². The summed E-state index contributed by atoms with van der Waals surface area (Å²) in [5.41, 5.74) is 1.20. The molecule has 1 amide bonds. The Morgan fingerprint density at radius 1 is 1.32 bits per heavy atom. The summed E-state index contributed by atoms with van der Waals surface area (Å²) in [6.45, 7) is 0.636. The molecule has 1 aromatic heterocycles. The van der Waals surface area contributed by atoms with Crippen molar-refractivity contribution >= 4 is 17.5 Å². The number of hydrogen-bond acceptors (Lipinski definition) is 2. The predicted molar refractivity (Wildman–Crippen MR) is 85.3 cm³/mol. The Kier molecular flexibility index (Phi) is 4.73. The first kappa shape index (κ1) is 15.4. The van der Waals surface area contributed by atoms with Crippen LogP contribution >= 0.6 is 11.6 Å². The van der Waals surface area contributed by atoms with Gasteiger partial charge in [0, 0.05) is 29.9 Å². The third kappa shape index (κ3) is 3.30. The van der Waals surface area contributed by atoms with E-state index in [4.69, 9.17) is 16.9 Å². The minimum Gasteiger partial charge on any atom is -0.347 e. The van der Waals surface area contributed by atoms with Crippen LogP contribution in [0.25, 0.3) is 0 Å². The fourth-order valence-electron chi connectivity index (χ4n) is 3.46. The van der Waals surface area contributed by atoms with E-state index in [0.717, 1.165) is 25.7 Å². The van der Waals surface area contributed by atoms with Crippen LogP contribution in [0.3, 0.4) is 0 Å². The summed E-state index contributed by atoms with van der Waals surface area (Å²) in [6, 6.07) is 7.35. The second-order valence-electron chi connectivity index (χ2n) is 6.43. The predicted octanol–water partition coefficient (Wildman–Crippen LogP) is 3.47. The number of carbonyl (C=O) groups is 1. The van der Waals surface area contributed by atoms with Crippen LogP contribution in [0, 0.1) is 17.2 Å². The highest BCUT2D eigenvalue weighted by Crippen LogP contribution is 2.37. The van der Waals surface area contributed by atoms with Gasteiger partial charge in [-0.15, -0.1) is 11.6 Å². The first-order chi connectivity index (χ1) is 10.7. The molecule has 0 saturated heterocycles. The second-order valence-corrected chi connectivity index (χ2v) is 6.70. The molecule has 118 valence electrons. The Morgan fingerprint density at radius 3 is 2.64 bits per heavy atom. The molecule has 1 heterocycles. The van der Waals surface area contributed by atoms with Crippen LogP contribution in [0.5, 0.6) is 0 Å². The second kappa shape index (κ2) is 6.75. The molecule has 0 bridgehead atoms. The third-order valence-corrected chi connectivity index (χ3v) is 5.12. The van der Waals surface area contributed by atoms with Crippen LogP contribution in [0.4, 0.5) is 0 Å². The molecule has 0 spiro atoms. The lowest BCUT2D eigenvalue weighted by Gasteiger charge is -2.35. The van der Waals surface area contributed by atoms with E-state index < -0.39 is 0 Å². The quantitative estimate of drug-likeness (QED) is 0.780. The average molecular weight is 320 g/mol. The Labute approximate surface area is 136 Å². The zero-order valence-electron chi connectivity index (χ0n) is 12.7. The summed E-state index contributed by atoms with van der Waals surface area (Å²) in [5, 5.41) is 9.03. The fraction of sp³-hybridized carbons (Fsp3) is 0.647.